The van der Waals surface area contributed by atoms with Crippen LogP contribution in [-0.2, 0) is 25.5 Å². The highest BCUT2D eigenvalue weighted by Gasteiger charge is 2.28. The lowest BCUT2D eigenvalue weighted by atomic mass is 10.1. The molecule has 0 radical (unpaired) electrons. The number of benzene rings is 1. The van der Waals surface area contributed by atoms with E-state index in [2.05, 4.69) is 37.1 Å². The Morgan fingerprint density at radius 1 is 1.06 bits per heavy atom. The zero-order valence-corrected chi connectivity index (χ0v) is 21.7. The van der Waals surface area contributed by atoms with Gasteiger partial charge in [0.25, 0.3) is 5.69 Å². The van der Waals surface area contributed by atoms with Gasteiger partial charge in [-0.15, -0.1) is 0 Å². The van der Waals surface area contributed by atoms with Crippen molar-refractivity contribution in [1.82, 2.24) is 4.90 Å². The van der Waals surface area contributed by atoms with Crippen LogP contribution < -0.4 is 10.1 Å². The van der Waals surface area contributed by atoms with Crippen molar-refractivity contribution in [3.63, 3.8) is 0 Å². The molecule has 204 valence electrons. The van der Waals surface area contributed by atoms with Gasteiger partial charge < -0.3 is 34.1 Å². The van der Waals surface area contributed by atoms with Crippen LogP contribution in [0.1, 0.15) is 26.3 Å². The van der Waals surface area contributed by atoms with Crippen LogP contribution in [0.5, 0.6) is 5.75 Å². The summed E-state index contributed by atoms with van der Waals surface area (Å²) < 4.78 is 27.5. The Balaban J connectivity index is 1.77. The lowest BCUT2D eigenvalue weighted by Gasteiger charge is -2.26. The van der Waals surface area contributed by atoms with Crippen LogP contribution in [0.3, 0.4) is 0 Å². The monoisotopic (exact) mass is 511 g/mol. The van der Waals surface area contributed by atoms with E-state index in [4.69, 9.17) is 28.8 Å². The third kappa shape index (κ3) is 10.8. The first-order valence-corrected chi connectivity index (χ1v) is 12.4. The Morgan fingerprint density at radius 3 is 2.19 bits per heavy atom. The van der Waals surface area contributed by atoms with Crippen molar-refractivity contribution in [1.29, 1.82) is 0 Å². The number of rotatable bonds is 18. The molecule has 0 bridgehead atoms. The molecule has 0 amide bonds. The number of nitrogens with zero attached hydrogens (tertiary/aromatic N) is 2. The summed E-state index contributed by atoms with van der Waals surface area (Å²) in [5, 5.41) is 23.5. The third-order valence-corrected chi connectivity index (χ3v) is 5.57. The van der Waals surface area contributed by atoms with E-state index in [1.807, 2.05) is 0 Å². The quantitative estimate of drug-likeness (QED) is 0.131. The molecule has 1 aromatic carbocycles. The van der Waals surface area contributed by atoms with Crippen molar-refractivity contribution in [2.45, 2.75) is 33.4 Å². The van der Waals surface area contributed by atoms with Crippen LogP contribution >= 0.6 is 0 Å². The molecule has 1 aliphatic rings. The molecule has 11 heteroatoms. The smallest absolute Gasteiger partial charge is 0.292 e. The first-order valence-electron chi connectivity index (χ1n) is 12.4. The van der Waals surface area contributed by atoms with E-state index in [9.17, 15) is 10.1 Å². The van der Waals surface area contributed by atoms with Gasteiger partial charge >= 0.3 is 0 Å². The molecule has 1 aliphatic heterocycles. The highest BCUT2D eigenvalue weighted by atomic mass is 16.6. The minimum Gasteiger partial charge on any atom is -0.491 e. The van der Waals surface area contributed by atoms with Crippen LogP contribution in [0.4, 0.5) is 11.4 Å². The van der Waals surface area contributed by atoms with E-state index in [1.165, 1.54) is 11.6 Å². The average Bonchev–Trinajstić information content (AvgIpc) is 3.01. The number of nitro benzene ring substituents is 1. The van der Waals surface area contributed by atoms with Gasteiger partial charge in [-0.05, 0) is 26.8 Å². The van der Waals surface area contributed by atoms with Crippen molar-refractivity contribution in [3.05, 3.63) is 39.5 Å². The van der Waals surface area contributed by atoms with E-state index >= 15 is 0 Å². The first kappa shape index (κ1) is 29.9. The lowest BCUT2D eigenvalue weighted by Crippen LogP contribution is -2.35. The predicted molar refractivity (Wildman–Crippen MR) is 137 cm³/mol. The number of hydrogen-bond acceptors (Lipinski definition) is 10. The predicted octanol–water partition coefficient (Wildman–Crippen LogP) is 2.61. The van der Waals surface area contributed by atoms with E-state index < -0.39 is 0 Å². The normalized spacial score (nSPS) is 15.6. The van der Waals surface area contributed by atoms with Crippen LogP contribution in [0.2, 0.25) is 0 Å². The molecule has 0 fully saturated rings. The Hall–Kier alpha value is -2.28. The fourth-order valence-electron chi connectivity index (χ4n) is 3.58. The summed E-state index contributed by atoms with van der Waals surface area (Å²) in [6.07, 6.45) is 2.16. The largest absolute Gasteiger partial charge is 0.491 e. The number of hydrogen-bond donors (Lipinski definition) is 2. The van der Waals surface area contributed by atoms with Crippen molar-refractivity contribution in [2.24, 2.45) is 0 Å². The second-order valence-electron chi connectivity index (χ2n) is 8.66. The van der Waals surface area contributed by atoms with Gasteiger partial charge in [0.15, 0.2) is 0 Å². The number of nitro groups is 1. The Morgan fingerprint density at radius 2 is 1.64 bits per heavy atom. The number of fused-ring (bicyclic) bond motifs is 1. The topological polar surface area (TPSA) is 125 Å². The molecule has 0 saturated carbocycles. The summed E-state index contributed by atoms with van der Waals surface area (Å²) in [5.41, 5.74) is 2.61. The molecule has 0 spiro atoms. The maximum Gasteiger partial charge on any atom is 0.292 e. The summed E-state index contributed by atoms with van der Waals surface area (Å²) in [6.45, 7) is 11.9. The van der Waals surface area contributed by atoms with Gasteiger partial charge in [-0.1, -0.05) is 11.6 Å². The lowest BCUT2D eigenvalue weighted by molar-refractivity contribution is -0.384. The second kappa shape index (κ2) is 17.2. The SMILES string of the molecule is CC(C)=CCN1Cc2c(OCCOCCOCCOCCOCCO)ccc([N+](=O)[O-])c2NC[C@@H]1C. The van der Waals surface area contributed by atoms with Gasteiger partial charge in [0.1, 0.15) is 18.0 Å². The average molecular weight is 512 g/mol. The minimum absolute atomic E-state index is 0.00984. The molecular weight excluding hydrogens is 470 g/mol. The third-order valence-electron chi connectivity index (χ3n) is 5.57. The summed E-state index contributed by atoms with van der Waals surface area (Å²) >= 11 is 0. The number of aliphatic hydroxyl groups is 1. The van der Waals surface area contributed by atoms with Crippen LogP contribution in [0.15, 0.2) is 23.8 Å². The number of allylic oxidation sites excluding steroid dienone is 1. The molecule has 36 heavy (non-hydrogen) atoms. The molecular formula is C25H41N3O8. The summed E-state index contributed by atoms with van der Waals surface area (Å²) in [4.78, 5) is 13.5. The molecule has 2 rings (SSSR count). The van der Waals surface area contributed by atoms with Gasteiger partial charge in [-0.3, -0.25) is 15.0 Å². The summed E-state index contributed by atoms with van der Waals surface area (Å²) in [7, 11) is 0. The van der Waals surface area contributed by atoms with Gasteiger partial charge in [0.2, 0.25) is 0 Å². The van der Waals surface area contributed by atoms with Crippen LogP contribution in [-0.4, -0.2) is 100 Å². The van der Waals surface area contributed by atoms with Crippen LogP contribution in [0.25, 0.3) is 0 Å². The number of aliphatic hydroxyl groups excluding tert-OH is 1. The molecule has 0 unspecified atom stereocenters. The zero-order valence-electron chi connectivity index (χ0n) is 21.7. The number of nitrogens with one attached hydrogen (secondary N) is 1. The molecule has 2 N–H and O–H groups in total. The van der Waals surface area contributed by atoms with Crippen molar-refractivity contribution in [3.8, 4) is 5.75 Å². The maximum atomic E-state index is 11.6. The fraction of sp³-hybridized carbons (Fsp3) is 0.680. The van der Waals surface area contributed by atoms with Gasteiger partial charge in [0.05, 0.1) is 64.4 Å². The summed E-state index contributed by atoms with van der Waals surface area (Å²) in [5.74, 6) is 0.624. The Bertz CT molecular complexity index is 817. The highest BCUT2D eigenvalue weighted by Crippen LogP contribution is 2.38. The number of anilines is 1. The van der Waals surface area contributed by atoms with Crippen molar-refractivity contribution < 1.29 is 33.7 Å². The standard InChI is InChI=1S/C25H41N3O8/c1-20(2)6-7-27-19-22-24(5-4-23(28(30)31)25(22)26-18-21(27)3)36-17-16-35-15-14-34-13-12-33-11-10-32-9-8-29/h4-6,21,26,29H,7-19H2,1-3H3/t21-/m0/s1. The van der Waals surface area contributed by atoms with Gasteiger partial charge in [-0.2, -0.15) is 0 Å². The molecule has 0 saturated heterocycles. The first-order chi connectivity index (χ1) is 17.4. The molecule has 0 aromatic heterocycles. The van der Waals surface area contributed by atoms with E-state index in [1.54, 1.807) is 6.07 Å². The van der Waals surface area contributed by atoms with Gasteiger partial charge in [-0.25, -0.2) is 0 Å². The van der Waals surface area contributed by atoms with E-state index in [-0.39, 0.29) is 23.3 Å². The van der Waals surface area contributed by atoms with Gasteiger partial charge in [0, 0.05) is 37.3 Å². The van der Waals surface area contributed by atoms with Crippen molar-refractivity contribution in [2.75, 3.05) is 84.5 Å². The maximum absolute atomic E-state index is 11.6. The molecule has 1 heterocycles. The summed E-state index contributed by atoms with van der Waals surface area (Å²) in [6, 6.07) is 3.37. The number of ether oxygens (including phenoxy) is 5. The Labute approximate surface area is 213 Å². The van der Waals surface area contributed by atoms with Crippen molar-refractivity contribution >= 4 is 11.4 Å². The Kier molecular flexibility index (Phi) is 14.3. The zero-order chi connectivity index (χ0) is 26.2. The molecule has 0 aliphatic carbocycles. The second-order valence-corrected chi connectivity index (χ2v) is 8.66. The molecule has 1 aromatic rings. The highest BCUT2D eigenvalue weighted by molar-refractivity contribution is 5.70. The van der Waals surface area contributed by atoms with E-state index in [0.717, 1.165) is 12.1 Å². The van der Waals surface area contributed by atoms with Crippen LogP contribution in [0, 0.1) is 10.1 Å². The van der Waals surface area contributed by atoms with E-state index in [0.29, 0.717) is 84.0 Å². The fourth-order valence-corrected chi connectivity index (χ4v) is 3.58. The minimum atomic E-state index is -0.356. The molecule has 1 atom stereocenters. The molecule has 11 nitrogen and oxygen atoms in total.